The number of nitrogens with one attached hydrogen (secondary N) is 1. The monoisotopic (exact) mass is 345 g/mol. The zero-order chi connectivity index (χ0) is 17.8. The van der Waals surface area contributed by atoms with Gasteiger partial charge in [0.2, 0.25) is 0 Å². The second-order valence-corrected chi connectivity index (χ2v) is 7.51. The van der Waals surface area contributed by atoms with Crippen LogP contribution in [-0.4, -0.2) is 65.2 Å². The number of likely N-dealkylation sites (N-methyl/N-ethyl adjacent to an activating group) is 1. The number of aliphatic carboxylic acids is 1. The standard InChI is InChI=1S/C20H31N3O2/c1-3-22(14-20(24)25)19-11-18(12-19)21-17-9-10-23(13-17)15(2)16-7-5-4-6-8-16/h4-8,15,17-19,21H,3,9-14H2,1-2H3,(H,24,25). The molecule has 2 fully saturated rings. The van der Waals surface area contributed by atoms with Crippen molar-refractivity contribution in [2.75, 3.05) is 26.2 Å². The molecule has 0 aromatic heterocycles. The van der Waals surface area contributed by atoms with E-state index in [1.54, 1.807) is 0 Å². The number of likely N-dealkylation sites (tertiary alicyclic amines) is 1. The van der Waals surface area contributed by atoms with E-state index < -0.39 is 5.97 Å². The SMILES string of the molecule is CCN(CC(=O)O)C1CC(NC2CCN(C(C)c3ccccc3)C2)C1. The summed E-state index contributed by atoms with van der Waals surface area (Å²) in [7, 11) is 0. The highest BCUT2D eigenvalue weighted by molar-refractivity contribution is 5.69. The maximum atomic E-state index is 10.9. The van der Waals surface area contributed by atoms with Gasteiger partial charge in [-0.25, -0.2) is 0 Å². The van der Waals surface area contributed by atoms with Gasteiger partial charge in [0.15, 0.2) is 0 Å². The van der Waals surface area contributed by atoms with Crippen LogP contribution >= 0.6 is 0 Å². The zero-order valence-electron chi connectivity index (χ0n) is 15.4. The van der Waals surface area contributed by atoms with E-state index in [0.717, 1.165) is 32.5 Å². The van der Waals surface area contributed by atoms with Crippen molar-refractivity contribution in [3.63, 3.8) is 0 Å². The van der Waals surface area contributed by atoms with Crippen molar-refractivity contribution in [3.8, 4) is 0 Å². The lowest BCUT2D eigenvalue weighted by Gasteiger charge is -2.43. The minimum absolute atomic E-state index is 0.166. The Bertz CT molecular complexity index is 559. The molecule has 1 aromatic carbocycles. The Kier molecular flexibility index (Phi) is 6.10. The molecule has 5 nitrogen and oxygen atoms in total. The van der Waals surface area contributed by atoms with Crippen LogP contribution in [0, 0.1) is 0 Å². The molecular formula is C20H31N3O2. The molecule has 0 spiro atoms. The van der Waals surface area contributed by atoms with Gasteiger partial charge in [-0.05, 0) is 38.3 Å². The third kappa shape index (κ3) is 4.60. The molecule has 2 aliphatic rings. The minimum Gasteiger partial charge on any atom is -0.480 e. The molecule has 0 bridgehead atoms. The number of benzene rings is 1. The Hall–Kier alpha value is -1.43. The van der Waals surface area contributed by atoms with Gasteiger partial charge in [-0.15, -0.1) is 0 Å². The lowest BCUT2D eigenvalue weighted by atomic mass is 9.84. The predicted octanol–water partition coefficient (Wildman–Crippen LogP) is 2.35. The summed E-state index contributed by atoms with van der Waals surface area (Å²) in [5, 5.41) is 12.8. The molecule has 1 heterocycles. The summed E-state index contributed by atoms with van der Waals surface area (Å²) >= 11 is 0. The van der Waals surface area contributed by atoms with Gasteiger partial charge in [0.1, 0.15) is 0 Å². The highest BCUT2D eigenvalue weighted by Crippen LogP contribution is 2.29. The Labute approximate surface area is 151 Å². The second-order valence-electron chi connectivity index (χ2n) is 7.51. The maximum Gasteiger partial charge on any atom is 0.317 e. The first kappa shape index (κ1) is 18.4. The van der Waals surface area contributed by atoms with Crippen LogP contribution in [0.15, 0.2) is 30.3 Å². The van der Waals surface area contributed by atoms with Crippen molar-refractivity contribution in [2.45, 2.75) is 57.3 Å². The molecule has 1 aliphatic carbocycles. The van der Waals surface area contributed by atoms with E-state index in [1.807, 2.05) is 6.92 Å². The van der Waals surface area contributed by atoms with Gasteiger partial charge >= 0.3 is 5.97 Å². The third-order valence-corrected chi connectivity index (χ3v) is 5.89. The average Bonchev–Trinajstić information content (AvgIpc) is 3.04. The Morgan fingerprint density at radius 2 is 2.04 bits per heavy atom. The molecule has 3 rings (SSSR count). The van der Waals surface area contributed by atoms with Crippen molar-refractivity contribution in [2.24, 2.45) is 0 Å². The summed E-state index contributed by atoms with van der Waals surface area (Å²) < 4.78 is 0. The van der Waals surface area contributed by atoms with E-state index in [1.165, 1.54) is 12.0 Å². The van der Waals surface area contributed by atoms with E-state index in [-0.39, 0.29) is 6.54 Å². The molecular weight excluding hydrogens is 314 g/mol. The molecule has 2 N–H and O–H groups in total. The van der Waals surface area contributed by atoms with Crippen LogP contribution in [0.1, 0.15) is 44.7 Å². The number of rotatable bonds is 8. The average molecular weight is 345 g/mol. The van der Waals surface area contributed by atoms with E-state index in [9.17, 15) is 4.79 Å². The van der Waals surface area contributed by atoms with Crippen molar-refractivity contribution in [1.82, 2.24) is 15.1 Å². The van der Waals surface area contributed by atoms with Crippen LogP contribution in [-0.2, 0) is 4.79 Å². The first-order chi connectivity index (χ1) is 12.1. The number of carbonyl (C=O) groups is 1. The van der Waals surface area contributed by atoms with Gasteiger partial charge in [-0.2, -0.15) is 0 Å². The van der Waals surface area contributed by atoms with Crippen LogP contribution in [0.5, 0.6) is 0 Å². The van der Waals surface area contributed by atoms with Gasteiger partial charge in [0, 0.05) is 37.3 Å². The number of nitrogens with zero attached hydrogens (tertiary/aromatic N) is 2. The summed E-state index contributed by atoms with van der Waals surface area (Å²) in [6.07, 6.45) is 3.35. The molecule has 1 aliphatic heterocycles. The van der Waals surface area contributed by atoms with Crippen LogP contribution in [0.4, 0.5) is 0 Å². The molecule has 1 saturated heterocycles. The lowest BCUT2D eigenvalue weighted by molar-refractivity contribution is -0.139. The van der Waals surface area contributed by atoms with Gasteiger partial charge < -0.3 is 10.4 Å². The summed E-state index contributed by atoms with van der Waals surface area (Å²) in [4.78, 5) is 15.6. The van der Waals surface area contributed by atoms with Crippen molar-refractivity contribution < 1.29 is 9.90 Å². The van der Waals surface area contributed by atoms with Crippen molar-refractivity contribution in [3.05, 3.63) is 35.9 Å². The van der Waals surface area contributed by atoms with E-state index in [2.05, 4.69) is 52.4 Å². The normalized spacial score (nSPS) is 28.0. The molecule has 138 valence electrons. The fraction of sp³-hybridized carbons (Fsp3) is 0.650. The molecule has 2 atom stereocenters. The summed E-state index contributed by atoms with van der Waals surface area (Å²) in [6, 6.07) is 12.7. The third-order valence-electron chi connectivity index (χ3n) is 5.89. The van der Waals surface area contributed by atoms with Gasteiger partial charge in [-0.3, -0.25) is 14.6 Å². The number of carboxylic acid groups (broad SMARTS) is 1. The first-order valence-corrected chi connectivity index (χ1v) is 9.57. The number of carboxylic acids is 1. The summed E-state index contributed by atoms with van der Waals surface area (Å²) in [6.45, 7) is 7.56. The Morgan fingerprint density at radius 3 is 2.68 bits per heavy atom. The van der Waals surface area contributed by atoms with Crippen LogP contribution in [0.2, 0.25) is 0 Å². The lowest BCUT2D eigenvalue weighted by Crippen LogP contribution is -2.56. The van der Waals surface area contributed by atoms with Crippen molar-refractivity contribution >= 4 is 5.97 Å². The fourth-order valence-corrected chi connectivity index (χ4v) is 4.25. The summed E-state index contributed by atoms with van der Waals surface area (Å²) in [5.41, 5.74) is 1.39. The topological polar surface area (TPSA) is 55.8 Å². The largest absolute Gasteiger partial charge is 0.480 e. The highest BCUT2D eigenvalue weighted by Gasteiger charge is 2.36. The number of hydrogen-bond donors (Lipinski definition) is 2. The second kappa shape index (κ2) is 8.30. The van der Waals surface area contributed by atoms with Gasteiger partial charge in [0.05, 0.1) is 6.54 Å². The first-order valence-electron chi connectivity index (χ1n) is 9.57. The Morgan fingerprint density at radius 1 is 1.32 bits per heavy atom. The quantitative estimate of drug-likeness (QED) is 0.757. The van der Waals surface area contributed by atoms with E-state index in [0.29, 0.717) is 24.2 Å². The van der Waals surface area contributed by atoms with Gasteiger partial charge in [0.25, 0.3) is 0 Å². The molecule has 5 heteroatoms. The molecule has 0 amide bonds. The maximum absolute atomic E-state index is 10.9. The van der Waals surface area contributed by atoms with Crippen LogP contribution < -0.4 is 5.32 Å². The molecule has 25 heavy (non-hydrogen) atoms. The number of hydrogen-bond acceptors (Lipinski definition) is 4. The van der Waals surface area contributed by atoms with Gasteiger partial charge in [-0.1, -0.05) is 37.3 Å². The molecule has 0 radical (unpaired) electrons. The van der Waals surface area contributed by atoms with Crippen molar-refractivity contribution in [1.29, 1.82) is 0 Å². The van der Waals surface area contributed by atoms with Crippen LogP contribution in [0.25, 0.3) is 0 Å². The predicted molar refractivity (Wildman–Crippen MR) is 99.7 cm³/mol. The highest BCUT2D eigenvalue weighted by atomic mass is 16.4. The van der Waals surface area contributed by atoms with E-state index in [4.69, 9.17) is 5.11 Å². The van der Waals surface area contributed by atoms with Crippen LogP contribution in [0.3, 0.4) is 0 Å². The molecule has 1 aromatic rings. The zero-order valence-corrected chi connectivity index (χ0v) is 15.4. The summed E-state index contributed by atoms with van der Waals surface area (Å²) in [5.74, 6) is -0.723. The molecule has 2 unspecified atom stereocenters. The molecule has 1 saturated carbocycles. The fourth-order valence-electron chi connectivity index (χ4n) is 4.25. The smallest absolute Gasteiger partial charge is 0.317 e. The minimum atomic E-state index is -0.723. The Balaban J connectivity index is 1.42. The van der Waals surface area contributed by atoms with E-state index >= 15 is 0 Å².